The molecule has 13 heavy (non-hydrogen) atoms. The van der Waals surface area contributed by atoms with E-state index >= 15 is 0 Å². The molecule has 0 aliphatic carbocycles. The largest absolute Gasteiger partial charge is 0.463 e. The van der Waals surface area contributed by atoms with Crippen LogP contribution in [0.3, 0.4) is 0 Å². The van der Waals surface area contributed by atoms with Crippen LogP contribution < -0.4 is 0 Å². The maximum atomic E-state index is 11.0. The van der Waals surface area contributed by atoms with Crippen molar-refractivity contribution >= 4 is 14.3 Å². The average molecular weight is 202 g/mol. The van der Waals surface area contributed by atoms with Gasteiger partial charge in [0.05, 0.1) is 6.61 Å². The summed E-state index contributed by atoms with van der Waals surface area (Å²) in [5, 5.41) is 0. The molecule has 0 saturated carbocycles. The number of carbonyl (C=O) groups is 1. The van der Waals surface area contributed by atoms with Crippen LogP contribution in [0.25, 0.3) is 0 Å². The fourth-order valence-electron chi connectivity index (χ4n) is 0.588. The lowest BCUT2D eigenvalue weighted by atomic mass is 10.5. The normalized spacial score (nSPS) is 12.0. The van der Waals surface area contributed by atoms with Gasteiger partial charge in [0.1, 0.15) is 0 Å². The predicted octanol–water partition coefficient (Wildman–Crippen LogP) is 1.89. The van der Waals surface area contributed by atoms with Gasteiger partial charge in [-0.2, -0.15) is 0 Å². The van der Waals surface area contributed by atoms with E-state index in [0.717, 1.165) is 6.42 Å². The SMILES string of the molecule is CCCOC(=O)C=C[Si](C)(C)OC. The van der Waals surface area contributed by atoms with Gasteiger partial charge in [-0.3, -0.25) is 0 Å². The van der Waals surface area contributed by atoms with E-state index in [1.54, 1.807) is 7.11 Å². The molecular formula is C9H18O3Si. The van der Waals surface area contributed by atoms with Crippen molar-refractivity contribution in [3.63, 3.8) is 0 Å². The molecule has 0 fully saturated rings. The minimum Gasteiger partial charge on any atom is -0.463 e. The number of carbonyl (C=O) groups excluding carboxylic acids is 1. The summed E-state index contributed by atoms with van der Waals surface area (Å²) in [5.74, 6) is -0.278. The Hall–Kier alpha value is -0.613. The van der Waals surface area contributed by atoms with Crippen LogP contribution in [0, 0.1) is 0 Å². The third-order valence-corrected chi connectivity index (χ3v) is 3.62. The standard InChI is InChI=1S/C9H18O3Si/c1-5-7-12-9(10)6-8-13(3,4)11-2/h6,8H,5,7H2,1-4H3. The van der Waals surface area contributed by atoms with Gasteiger partial charge in [0.2, 0.25) is 8.32 Å². The van der Waals surface area contributed by atoms with Gasteiger partial charge in [0.15, 0.2) is 0 Å². The molecular weight excluding hydrogens is 184 g/mol. The predicted molar refractivity (Wildman–Crippen MR) is 54.9 cm³/mol. The van der Waals surface area contributed by atoms with E-state index in [-0.39, 0.29) is 5.97 Å². The molecule has 0 aliphatic rings. The summed E-state index contributed by atoms with van der Waals surface area (Å²) < 4.78 is 10.1. The summed E-state index contributed by atoms with van der Waals surface area (Å²) in [6.45, 7) is 6.47. The molecule has 0 rings (SSSR count). The molecule has 0 aromatic rings. The highest BCUT2D eigenvalue weighted by atomic mass is 28.4. The van der Waals surface area contributed by atoms with E-state index in [1.807, 2.05) is 25.7 Å². The van der Waals surface area contributed by atoms with Gasteiger partial charge in [0, 0.05) is 13.2 Å². The first kappa shape index (κ1) is 12.4. The van der Waals surface area contributed by atoms with Crippen molar-refractivity contribution in [3.05, 3.63) is 11.8 Å². The number of rotatable bonds is 5. The van der Waals surface area contributed by atoms with Crippen LogP contribution in [0.1, 0.15) is 13.3 Å². The monoisotopic (exact) mass is 202 g/mol. The summed E-state index contributed by atoms with van der Waals surface area (Å²) in [5.41, 5.74) is 1.82. The second-order valence-corrected chi connectivity index (χ2v) is 7.26. The summed E-state index contributed by atoms with van der Waals surface area (Å²) in [7, 11) is -0.100. The number of ether oxygens (including phenoxy) is 1. The molecule has 0 aromatic heterocycles. The van der Waals surface area contributed by atoms with Crippen molar-refractivity contribution in [1.82, 2.24) is 0 Å². The van der Waals surface area contributed by atoms with Gasteiger partial charge in [-0.15, -0.1) is 0 Å². The lowest BCUT2D eigenvalue weighted by molar-refractivity contribution is -0.137. The molecule has 0 aliphatic heterocycles. The van der Waals surface area contributed by atoms with Crippen LogP contribution in [-0.2, 0) is 14.0 Å². The molecule has 0 aromatic carbocycles. The van der Waals surface area contributed by atoms with Crippen LogP contribution in [-0.4, -0.2) is 28.0 Å². The molecule has 0 radical (unpaired) electrons. The number of hydrogen-bond acceptors (Lipinski definition) is 3. The van der Waals surface area contributed by atoms with Crippen LogP contribution in [0.2, 0.25) is 13.1 Å². The Morgan fingerprint density at radius 3 is 2.54 bits per heavy atom. The molecule has 0 saturated heterocycles. The maximum Gasteiger partial charge on any atom is 0.330 e. The van der Waals surface area contributed by atoms with Crippen molar-refractivity contribution in [3.8, 4) is 0 Å². The average Bonchev–Trinajstić information content (AvgIpc) is 2.11. The Morgan fingerprint density at radius 2 is 2.08 bits per heavy atom. The van der Waals surface area contributed by atoms with Gasteiger partial charge in [-0.1, -0.05) is 12.6 Å². The zero-order chi connectivity index (χ0) is 10.3. The topological polar surface area (TPSA) is 35.5 Å². The second kappa shape index (κ2) is 5.94. The third kappa shape index (κ3) is 6.54. The number of esters is 1. The Morgan fingerprint density at radius 1 is 1.46 bits per heavy atom. The summed E-state index contributed by atoms with van der Waals surface area (Å²) in [6, 6.07) is 0. The summed E-state index contributed by atoms with van der Waals surface area (Å²) in [4.78, 5) is 11.0. The molecule has 4 heteroatoms. The lowest BCUT2D eigenvalue weighted by Gasteiger charge is -2.13. The minimum absolute atomic E-state index is 0.278. The first-order valence-corrected chi connectivity index (χ1v) is 7.41. The van der Waals surface area contributed by atoms with Gasteiger partial charge in [0.25, 0.3) is 0 Å². The van der Waals surface area contributed by atoms with Crippen molar-refractivity contribution in [2.75, 3.05) is 13.7 Å². The van der Waals surface area contributed by atoms with Crippen molar-refractivity contribution in [2.45, 2.75) is 26.4 Å². The zero-order valence-corrected chi connectivity index (χ0v) is 9.79. The maximum absolute atomic E-state index is 11.0. The number of hydrogen-bond donors (Lipinski definition) is 0. The summed E-state index contributed by atoms with van der Waals surface area (Å²) in [6.07, 6.45) is 2.32. The molecule has 0 spiro atoms. The first-order chi connectivity index (χ1) is 6.02. The van der Waals surface area contributed by atoms with E-state index in [9.17, 15) is 4.79 Å². The third-order valence-electron chi connectivity index (χ3n) is 1.60. The molecule has 0 heterocycles. The minimum atomic E-state index is -1.76. The molecule has 0 atom stereocenters. The van der Waals surface area contributed by atoms with Crippen molar-refractivity contribution < 1.29 is 14.0 Å². The Kier molecular flexibility index (Phi) is 5.66. The van der Waals surface area contributed by atoms with E-state index in [1.165, 1.54) is 6.08 Å². The van der Waals surface area contributed by atoms with E-state index in [4.69, 9.17) is 9.16 Å². The Bertz CT molecular complexity index is 187. The molecule has 0 amide bonds. The highest BCUT2D eigenvalue weighted by molar-refractivity contribution is 6.76. The quantitative estimate of drug-likeness (QED) is 0.388. The zero-order valence-electron chi connectivity index (χ0n) is 8.79. The van der Waals surface area contributed by atoms with E-state index in [0.29, 0.717) is 6.61 Å². The van der Waals surface area contributed by atoms with E-state index in [2.05, 4.69) is 0 Å². The van der Waals surface area contributed by atoms with Crippen LogP contribution in [0.4, 0.5) is 0 Å². The smallest absolute Gasteiger partial charge is 0.330 e. The van der Waals surface area contributed by atoms with Crippen LogP contribution in [0.15, 0.2) is 11.8 Å². The molecule has 76 valence electrons. The fraction of sp³-hybridized carbons (Fsp3) is 0.667. The molecule has 0 N–H and O–H groups in total. The van der Waals surface area contributed by atoms with Gasteiger partial charge >= 0.3 is 5.97 Å². The van der Waals surface area contributed by atoms with Crippen LogP contribution in [0.5, 0.6) is 0 Å². The molecule has 0 bridgehead atoms. The van der Waals surface area contributed by atoms with Crippen molar-refractivity contribution in [2.24, 2.45) is 0 Å². The highest BCUT2D eigenvalue weighted by Crippen LogP contribution is 2.03. The van der Waals surface area contributed by atoms with Crippen LogP contribution >= 0.6 is 0 Å². The van der Waals surface area contributed by atoms with Gasteiger partial charge in [-0.25, -0.2) is 4.79 Å². The Balaban J connectivity index is 3.90. The fourth-order valence-corrected chi connectivity index (χ4v) is 1.26. The Labute approximate surface area is 80.9 Å². The summed E-state index contributed by atoms with van der Waals surface area (Å²) >= 11 is 0. The van der Waals surface area contributed by atoms with Gasteiger partial charge < -0.3 is 9.16 Å². The second-order valence-electron chi connectivity index (χ2n) is 3.31. The molecule has 0 unspecified atom stereocenters. The highest BCUT2D eigenvalue weighted by Gasteiger charge is 2.16. The van der Waals surface area contributed by atoms with Crippen molar-refractivity contribution in [1.29, 1.82) is 0 Å². The molecule has 3 nitrogen and oxygen atoms in total. The van der Waals surface area contributed by atoms with E-state index < -0.39 is 8.32 Å². The first-order valence-electron chi connectivity index (χ1n) is 4.43. The van der Waals surface area contributed by atoms with Gasteiger partial charge in [-0.05, 0) is 19.5 Å². The lowest BCUT2D eigenvalue weighted by Crippen LogP contribution is -2.26.